The molecule has 3 N–H and O–H groups in total. The van der Waals surface area contributed by atoms with Gasteiger partial charge in [0.05, 0.1) is 24.8 Å². The minimum atomic E-state index is -0.272. The molecule has 2 amide bonds. The lowest BCUT2D eigenvalue weighted by Gasteiger charge is -2.27. The Labute approximate surface area is 196 Å². The average Bonchev–Trinajstić information content (AvgIpc) is 3.19. The number of ether oxygens (including phenoxy) is 1. The summed E-state index contributed by atoms with van der Waals surface area (Å²) >= 11 is 5.99. The van der Waals surface area contributed by atoms with Gasteiger partial charge in [0, 0.05) is 29.4 Å². The number of methoxy groups -OCH3 is 1. The second-order valence-corrected chi connectivity index (χ2v) is 8.51. The quantitative estimate of drug-likeness (QED) is 0.535. The van der Waals surface area contributed by atoms with Crippen LogP contribution in [0.4, 0.5) is 11.4 Å². The van der Waals surface area contributed by atoms with E-state index in [1.165, 1.54) is 0 Å². The normalized spacial score (nSPS) is 18.8. The van der Waals surface area contributed by atoms with Crippen LogP contribution in [0.25, 0.3) is 0 Å². The van der Waals surface area contributed by atoms with Crippen LogP contribution in [0.3, 0.4) is 0 Å². The van der Waals surface area contributed by atoms with Gasteiger partial charge in [0.1, 0.15) is 5.75 Å². The standard InChI is InChI=1S/C25H23ClN4O3/c1-33-19-9-2-15(3-10-19)13-28-24(31)16-4-11-22-20(12-16)23-21(14-27-22)25(32)30(29-23)18-7-5-17(26)6-8-18/h2-12,21,23,27,29H,13-14H2,1H3,(H,28,31). The third-order valence-corrected chi connectivity index (χ3v) is 6.32. The highest BCUT2D eigenvalue weighted by molar-refractivity contribution is 6.30. The van der Waals surface area contributed by atoms with Gasteiger partial charge in [-0.05, 0) is 65.7 Å². The van der Waals surface area contributed by atoms with Crippen LogP contribution < -0.4 is 25.8 Å². The van der Waals surface area contributed by atoms with E-state index in [1.54, 1.807) is 30.3 Å². The molecule has 2 atom stereocenters. The second kappa shape index (κ2) is 8.77. The van der Waals surface area contributed by atoms with Gasteiger partial charge in [-0.1, -0.05) is 23.7 Å². The Kier molecular flexibility index (Phi) is 5.66. The Morgan fingerprint density at radius 3 is 2.61 bits per heavy atom. The number of benzene rings is 3. The number of nitrogens with zero attached hydrogens (tertiary/aromatic N) is 1. The largest absolute Gasteiger partial charge is 0.497 e. The number of nitrogens with one attached hydrogen (secondary N) is 3. The Hall–Kier alpha value is -3.55. The highest BCUT2D eigenvalue weighted by atomic mass is 35.5. The van der Waals surface area contributed by atoms with Crippen LogP contribution >= 0.6 is 11.6 Å². The predicted octanol–water partition coefficient (Wildman–Crippen LogP) is 3.91. The van der Waals surface area contributed by atoms with Crippen molar-refractivity contribution in [1.82, 2.24) is 10.7 Å². The topological polar surface area (TPSA) is 82.7 Å². The zero-order chi connectivity index (χ0) is 22.9. The van der Waals surface area contributed by atoms with Crippen molar-refractivity contribution >= 4 is 34.8 Å². The fourth-order valence-electron chi connectivity index (χ4n) is 4.25. The smallest absolute Gasteiger partial charge is 0.251 e. The van der Waals surface area contributed by atoms with E-state index in [1.807, 2.05) is 48.5 Å². The van der Waals surface area contributed by atoms with E-state index in [4.69, 9.17) is 16.3 Å². The van der Waals surface area contributed by atoms with Crippen molar-refractivity contribution in [1.29, 1.82) is 0 Å². The molecule has 2 heterocycles. The van der Waals surface area contributed by atoms with Gasteiger partial charge in [-0.25, -0.2) is 10.4 Å². The van der Waals surface area contributed by atoms with Gasteiger partial charge in [-0.3, -0.25) is 9.59 Å². The van der Waals surface area contributed by atoms with E-state index in [2.05, 4.69) is 16.1 Å². The van der Waals surface area contributed by atoms with Crippen molar-refractivity contribution in [3.63, 3.8) is 0 Å². The number of amides is 2. The van der Waals surface area contributed by atoms with Crippen molar-refractivity contribution in [2.45, 2.75) is 12.6 Å². The molecule has 5 rings (SSSR count). The summed E-state index contributed by atoms with van der Waals surface area (Å²) in [5.41, 5.74) is 7.39. The van der Waals surface area contributed by atoms with Crippen molar-refractivity contribution in [2.24, 2.45) is 5.92 Å². The SMILES string of the molecule is COc1ccc(CNC(=O)c2ccc3c(c2)C2NN(c4ccc(Cl)cc4)C(=O)C2CN3)cc1. The number of halogens is 1. The summed E-state index contributed by atoms with van der Waals surface area (Å²) in [5, 5.41) is 8.47. The van der Waals surface area contributed by atoms with Crippen LogP contribution in [-0.2, 0) is 11.3 Å². The number of rotatable bonds is 5. The summed E-state index contributed by atoms with van der Waals surface area (Å²) in [4.78, 5) is 25.9. The summed E-state index contributed by atoms with van der Waals surface area (Å²) in [6, 6.07) is 20.0. The monoisotopic (exact) mass is 462 g/mol. The van der Waals surface area contributed by atoms with E-state index in [0.717, 1.165) is 28.3 Å². The molecule has 0 aliphatic carbocycles. The molecule has 0 aromatic heterocycles. The number of carbonyl (C=O) groups excluding carboxylic acids is 2. The van der Waals surface area contributed by atoms with E-state index in [9.17, 15) is 9.59 Å². The number of anilines is 2. The first-order chi connectivity index (χ1) is 16.0. The van der Waals surface area contributed by atoms with Gasteiger partial charge in [-0.15, -0.1) is 0 Å². The van der Waals surface area contributed by atoms with Crippen molar-refractivity contribution in [3.05, 3.63) is 88.4 Å². The Balaban J connectivity index is 1.33. The molecular formula is C25H23ClN4O3. The molecule has 0 radical (unpaired) electrons. The van der Waals surface area contributed by atoms with Gasteiger partial charge in [-0.2, -0.15) is 0 Å². The number of hydrogen-bond donors (Lipinski definition) is 3. The molecule has 0 spiro atoms. The molecule has 3 aromatic carbocycles. The Morgan fingerprint density at radius 1 is 1.12 bits per heavy atom. The maximum atomic E-state index is 13.1. The predicted molar refractivity (Wildman–Crippen MR) is 127 cm³/mol. The summed E-state index contributed by atoms with van der Waals surface area (Å²) in [5.74, 6) is 0.309. The second-order valence-electron chi connectivity index (χ2n) is 8.08. The van der Waals surface area contributed by atoms with Gasteiger partial charge < -0.3 is 15.4 Å². The van der Waals surface area contributed by atoms with Crippen molar-refractivity contribution in [2.75, 3.05) is 24.0 Å². The average molecular weight is 463 g/mol. The lowest BCUT2D eigenvalue weighted by Crippen LogP contribution is -2.35. The highest BCUT2D eigenvalue weighted by Gasteiger charge is 2.44. The Morgan fingerprint density at radius 2 is 1.88 bits per heavy atom. The Bertz CT molecular complexity index is 1200. The van der Waals surface area contributed by atoms with E-state index in [0.29, 0.717) is 23.7 Å². The van der Waals surface area contributed by atoms with Crippen LogP contribution in [0.2, 0.25) is 5.02 Å². The number of carbonyl (C=O) groups is 2. The first-order valence-corrected chi connectivity index (χ1v) is 11.1. The molecule has 33 heavy (non-hydrogen) atoms. The molecular weight excluding hydrogens is 440 g/mol. The third kappa shape index (κ3) is 4.13. The molecule has 2 aliphatic heterocycles. The zero-order valence-electron chi connectivity index (χ0n) is 18.0. The lowest BCUT2D eigenvalue weighted by molar-refractivity contribution is -0.120. The number of hydrazine groups is 1. The number of fused-ring (bicyclic) bond motifs is 3. The van der Waals surface area contributed by atoms with Crippen LogP contribution in [0.5, 0.6) is 5.75 Å². The van der Waals surface area contributed by atoms with Crippen LogP contribution in [0.15, 0.2) is 66.7 Å². The summed E-state index contributed by atoms with van der Waals surface area (Å²) in [6.45, 7) is 0.932. The van der Waals surface area contributed by atoms with Crippen LogP contribution in [-0.4, -0.2) is 25.5 Å². The minimum absolute atomic E-state index is 0.0187. The summed E-state index contributed by atoms with van der Waals surface area (Å²) < 4.78 is 5.17. The first kappa shape index (κ1) is 21.3. The van der Waals surface area contributed by atoms with E-state index in [-0.39, 0.29) is 23.8 Å². The van der Waals surface area contributed by atoms with Crippen LogP contribution in [0.1, 0.15) is 27.5 Å². The maximum absolute atomic E-state index is 13.1. The van der Waals surface area contributed by atoms with Gasteiger partial charge in [0.15, 0.2) is 0 Å². The zero-order valence-corrected chi connectivity index (χ0v) is 18.7. The maximum Gasteiger partial charge on any atom is 0.251 e. The fourth-order valence-corrected chi connectivity index (χ4v) is 4.38. The molecule has 1 fully saturated rings. The van der Waals surface area contributed by atoms with Gasteiger partial charge in [0.25, 0.3) is 5.91 Å². The van der Waals surface area contributed by atoms with Gasteiger partial charge >= 0.3 is 0 Å². The van der Waals surface area contributed by atoms with E-state index < -0.39 is 0 Å². The molecule has 168 valence electrons. The van der Waals surface area contributed by atoms with Crippen LogP contribution in [0, 0.1) is 5.92 Å². The molecule has 3 aromatic rings. The van der Waals surface area contributed by atoms with E-state index >= 15 is 0 Å². The molecule has 8 heteroatoms. The minimum Gasteiger partial charge on any atom is -0.497 e. The molecule has 7 nitrogen and oxygen atoms in total. The molecule has 0 saturated carbocycles. The lowest BCUT2D eigenvalue weighted by atomic mass is 9.88. The fraction of sp³-hybridized carbons (Fsp3) is 0.200. The van der Waals surface area contributed by atoms with Crippen molar-refractivity contribution in [3.8, 4) is 5.75 Å². The first-order valence-electron chi connectivity index (χ1n) is 10.7. The molecule has 1 saturated heterocycles. The molecule has 2 aliphatic rings. The summed E-state index contributed by atoms with van der Waals surface area (Å²) in [6.07, 6.45) is 0. The molecule has 0 bridgehead atoms. The summed E-state index contributed by atoms with van der Waals surface area (Å²) in [7, 11) is 1.62. The third-order valence-electron chi connectivity index (χ3n) is 6.07. The highest BCUT2D eigenvalue weighted by Crippen LogP contribution is 2.40. The van der Waals surface area contributed by atoms with Gasteiger partial charge in [0.2, 0.25) is 5.91 Å². The number of hydrogen-bond acceptors (Lipinski definition) is 5. The molecule has 2 unspecified atom stereocenters. The van der Waals surface area contributed by atoms with Crippen molar-refractivity contribution < 1.29 is 14.3 Å².